The molecule has 1 aliphatic heterocycles. The summed E-state index contributed by atoms with van der Waals surface area (Å²) in [4.78, 5) is 27.6. The first kappa shape index (κ1) is 18.0. The third-order valence-electron chi connectivity index (χ3n) is 5.77. The molecule has 0 aromatic carbocycles. The SMILES string of the molecule is Cc1cc(C)n(C)c(=O)c1C(=O)N1CCCn2nc([C@H](O)C3CC3)cc2C1. The largest absolute Gasteiger partial charge is 0.386 e. The van der Waals surface area contributed by atoms with E-state index in [1.54, 1.807) is 11.9 Å². The van der Waals surface area contributed by atoms with E-state index in [1.807, 2.05) is 30.7 Å². The number of carbonyl (C=O) groups excluding carboxylic acids is 1. The maximum absolute atomic E-state index is 13.2. The molecular weight excluding hydrogens is 344 g/mol. The minimum atomic E-state index is -0.514. The molecule has 1 fully saturated rings. The lowest BCUT2D eigenvalue weighted by atomic mass is 10.1. The van der Waals surface area contributed by atoms with Crippen LogP contribution in [-0.2, 0) is 20.1 Å². The van der Waals surface area contributed by atoms with E-state index in [0.717, 1.165) is 30.7 Å². The molecule has 0 spiro atoms. The molecule has 0 unspecified atom stereocenters. The molecule has 2 aromatic heterocycles. The van der Waals surface area contributed by atoms with Gasteiger partial charge in [-0.3, -0.25) is 14.3 Å². The van der Waals surface area contributed by atoms with Crippen molar-refractivity contribution >= 4 is 5.91 Å². The first-order chi connectivity index (χ1) is 12.9. The number of amides is 1. The zero-order valence-electron chi connectivity index (χ0n) is 16.1. The van der Waals surface area contributed by atoms with Gasteiger partial charge in [-0.25, -0.2) is 0 Å². The number of aromatic nitrogens is 3. The first-order valence-corrected chi connectivity index (χ1v) is 9.58. The van der Waals surface area contributed by atoms with Gasteiger partial charge >= 0.3 is 0 Å². The predicted octanol–water partition coefficient (Wildman–Crippen LogP) is 1.69. The summed E-state index contributed by atoms with van der Waals surface area (Å²) in [6.45, 7) is 5.37. The first-order valence-electron chi connectivity index (χ1n) is 9.58. The van der Waals surface area contributed by atoms with Crippen molar-refractivity contribution in [2.75, 3.05) is 6.54 Å². The Bertz CT molecular complexity index is 955. The van der Waals surface area contributed by atoms with E-state index in [0.29, 0.717) is 36.8 Å². The Hall–Kier alpha value is -2.41. The van der Waals surface area contributed by atoms with Crippen LogP contribution in [0.15, 0.2) is 16.9 Å². The predicted molar refractivity (Wildman–Crippen MR) is 100 cm³/mol. The van der Waals surface area contributed by atoms with Gasteiger partial charge in [-0.2, -0.15) is 5.10 Å². The highest BCUT2D eigenvalue weighted by Crippen LogP contribution is 2.40. The topological polar surface area (TPSA) is 80.4 Å². The Morgan fingerprint density at radius 1 is 1.26 bits per heavy atom. The van der Waals surface area contributed by atoms with Crippen molar-refractivity contribution in [1.82, 2.24) is 19.2 Å². The van der Waals surface area contributed by atoms with Gasteiger partial charge in [0.1, 0.15) is 11.7 Å². The number of aliphatic hydroxyl groups is 1. The quantitative estimate of drug-likeness (QED) is 0.892. The Balaban J connectivity index is 1.63. The van der Waals surface area contributed by atoms with E-state index in [-0.39, 0.29) is 17.0 Å². The van der Waals surface area contributed by atoms with Gasteiger partial charge in [0.25, 0.3) is 11.5 Å². The summed E-state index contributed by atoms with van der Waals surface area (Å²) in [5.74, 6) is 0.0900. The summed E-state index contributed by atoms with van der Waals surface area (Å²) in [6.07, 6.45) is 2.35. The van der Waals surface area contributed by atoms with Crippen LogP contribution < -0.4 is 5.56 Å². The Morgan fingerprint density at radius 3 is 2.70 bits per heavy atom. The van der Waals surface area contributed by atoms with E-state index in [2.05, 4.69) is 5.10 Å². The van der Waals surface area contributed by atoms with E-state index in [9.17, 15) is 14.7 Å². The highest BCUT2D eigenvalue weighted by atomic mass is 16.3. The van der Waals surface area contributed by atoms with Crippen LogP contribution in [0.2, 0.25) is 0 Å². The van der Waals surface area contributed by atoms with Crippen LogP contribution in [0.25, 0.3) is 0 Å². The van der Waals surface area contributed by atoms with Crippen molar-refractivity contribution in [2.45, 2.75) is 52.3 Å². The van der Waals surface area contributed by atoms with Gasteiger partial charge in [0.05, 0.1) is 17.9 Å². The number of fused-ring (bicyclic) bond motifs is 1. The van der Waals surface area contributed by atoms with Crippen molar-refractivity contribution in [1.29, 1.82) is 0 Å². The number of nitrogens with zero attached hydrogens (tertiary/aromatic N) is 4. The van der Waals surface area contributed by atoms with Gasteiger partial charge in [0, 0.05) is 25.8 Å². The highest BCUT2D eigenvalue weighted by Gasteiger charge is 2.33. The molecule has 1 aliphatic carbocycles. The summed E-state index contributed by atoms with van der Waals surface area (Å²) >= 11 is 0. The maximum Gasteiger partial charge on any atom is 0.263 e. The second-order valence-corrected chi connectivity index (χ2v) is 7.85. The van der Waals surface area contributed by atoms with E-state index in [1.165, 1.54) is 4.57 Å². The molecule has 1 saturated carbocycles. The molecule has 2 aliphatic rings. The molecule has 1 amide bonds. The lowest BCUT2D eigenvalue weighted by Gasteiger charge is -2.21. The molecule has 0 bridgehead atoms. The average Bonchev–Trinajstić information content (AvgIpc) is 3.43. The lowest BCUT2D eigenvalue weighted by Crippen LogP contribution is -2.37. The number of aryl methyl sites for hydroxylation is 3. The second-order valence-electron chi connectivity index (χ2n) is 7.85. The summed E-state index contributed by atoms with van der Waals surface area (Å²) in [5.41, 5.74) is 3.15. The number of hydrogen-bond donors (Lipinski definition) is 1. The van der Waals surface area contributed by atoms with Crippen molar-refractivity contribution in [3.05, 3.63) is 50.7 Å². The van der Waals surface area contributed by atoms with Crippen molar-refractivity contribution in [3.8, 4) is 0 Å². The van der Waals surface area contributed by atoms with Crippen LogP contribution in [0.5, 0.6) is 0 Å². The van der Waals surface area contributed by atoms with Gasteiger partial charge in [-0.1, -0.05) is 0 Å². The molecule has 1 N–H and O–H groups in total. The van der Waals surface area contributed by atoms with E-state index < -0.39 is 6.10 Å². The average molecular weight is 370 g/mol. The van der Waals surface area contributed by atoms with Crippen molar-refractivity contribution < 1.29 is 9.90 Å². The third kappa shape index (κ3) is 3.20. The Labute approximate surface area is 158 Å². The van der Waals surface area contributed by atoms with Crippen LogP contribution in [0.1, 0.15) is 58.4 Å². The number of carbonyl (C=O) groups is 1. The van der Waals surface area contributed by atoms with Gasteiger partial charge in [-0.05, 0) is 56.7 Å². The van der Waals surface area contributed by atoms with Gasteiger partial charge < -0.3 is 14.6 Å². The minimum absolute atomic E-state index is 0.230. The van der Waals surface area contributed by atoms with Crippen LogP contribution in [-0.4, -0.2) is 36.8 Å². The smallest absolute Gasteiger partial charge is 0.263 e. The maximum atomic E-state index is 13.2. The molecule has 1 atom stereocenters. The summed E-state index contributed by atoms with van der Waals surface area (Å²) < 4.78 is 3.42. The lowest BCUT2D eigenvalue weighted by molar-refractivity contribution is 0.0742. The van der Waals surface area contributed by atoms with Crippen LogP contribution >= 0.6 is 0 Å². The standard InChI is InChI=1S/C20H26N4O3/c1-12-9-13(2)22(3)19(26)17(12)20(27)23-7-4-8-24-15(11-23)10-16(21-24)18(25)14-5-6-14/h9-10,14,18,25H,4-8,11H2,1-3H3/t18-/m1/s1. The number of rotatable bonds is 3. The molecule has 7 heteroatoms. The summed E-state index contributed by atoms with van der Waals surface area (Å²) in [6, 6.07) is 3.79. The molecule has 0 radical (unpaired) electrons. The third-order valence-corrected chi connectivity index (χ3v) is 5.77. The normalized spacial score (nSPS) is 18.1. The van der Waals surface area contributed by atoms with Crippen LogP contribution in [0.3, 0.4) is 0 Å². The second kappa shape index (κ2) is 6.64. The summed E-state index contributed by atoms with van der Waals surface area (Å²) in [7, 11) is 1.69. The molecule has 27 heavy (non-hydrogen) atoms. The molecule has 144 valence electrons. The zero-order valence-corrected chi connectivity index (χ0v) is 16.1. The number of hydrogen-bond acceptors (Lipinski definition) is 4. The molecule has 4 rings (SSSR count). The summed E-state index contributed by atoms with van der Waals surface area (Å²) in [5, 5.41) is 14.9. The fraction of sp³-hybridized carbons (Fsp3) is 0.550. The van der Waals surface area contributed by atoms with Gasteiger partial charge in [0.2, 0.25) is 0 Å². The molecule has 0 saturated heterocycles. The monoisotopic (exact) mass is 370 g/mol. The van der Waals surface area contributed by atoms with E-state index >= 15 is 0 Å². The molecule has 3 heterocycles. The number of aliphatic hydroxyl groups excluding tert-OH is 1. The van der Waals surface area contributed by atoms with Gasteiger partial charge in [-0.15, -0.1) is 0 Å². The van der Waals surface area contributed by atoms with Crippen molar-refractivity contribution in [2.24, 2.45) is 13.0 Å². The van der Waals surface area contributed by atoms with Gasteiger partial charge in [0.15, 0.2) is 0 Å². The van der Waals surface area contributed by atoms with Crippen molar-refractivity contribution in [3.63, 3.8) is 0 Å². The molecular formula is C20H26N4O3. The van der Waals surface area contributed by atoms with Crippen LogP contribution in [0.4, 0.5) is 0 Å². The molecule has 2 aromatic rings. The molecule has 7 nitrogen and oxygen atoms in total. The Kier molecular flexibility index (Phi) is 4.42. The van der Waals surface area contributed by atoms with Crippen LogP contribution in [0, 0.1) is 19.8 Å². The fourth-order valence-electron chi connectivity index (χ4n) is 3.85. The minimum Gasteiger partial charge on any atom is -0.386 e. The van der Waals surface area contributed by atoms with E-state index in [4.69, 9.17) is 0 Å². The number of pyridine rings is 1. The highest BCUT2D eigenvalue weighted by molar-refractivity contribution is 5.95. The fourth-order valence-corrected chi connectivity index (χ4v) is 3.85. The zero-order chi connectivity index (χ0) is 19.3. The Morgan fingerprint density at radius 2 is 2.00 bits per heavy atom.